The second-order valence-corrected chi connectivity index (χ2v) is 3.53. The second-order valence-electron chi connectivity index (χ2n) is 3.53. The molecule has 0 radical (unpaired) electrons. The van der Waals surface area contributed by atoms with Crippen LogP contribution in [-0.2, 0) is 9.53 Å². The fourth-order valence-electron chi connectivity index (χ4n) is 1.16. The smallest absolute Gasteiger partial charge is 0.271 e. The molecule has 0 bridgehead atoms. The van der Waals surface area contributed by atoms with Crippen molar-refractivity contribution in [3.63, 3.8) is 0 Å². The Hall–Kier alpha value is -1.55. The lowest BCUT2D eigenvalue weighted by atomic mass is 10.3. The summed E-state index contributed by atoms with van der Waals surface area (Å²) in [7, 11) is 1.58. The Kier molecular flexibility index (Phi) is 7.80. The van der Waals surface area contributed by atoms with E-state index in [0.717, 1.165) is 6.42 Å². The van der Waals surface area contributed by atoms with E-state index in [1.54, 1.807) is 13.2 Å². The maximum Gasteiger partial charge on any atom is 0.271 e. The zero-order chi connectivity index (χ0) is 13.3. The minimum absolute atomic E-state index is 0.209. The summed E-state index contributed by atoms with van der Waals surface area (Å²) in [6.45, 7) is 9.38. The molecule has 0 aliphatic rings. The molecule has 0 saturated carbocycles. The highest BCUT2D eigenvalue weighted by Crippen LogP contribution is 1.98. The molecule has 0 aromatic carbocycles. The van der Waals surface area contributed by atoms with E-state index in [0.29, 0.717) is 11.4 Å². The third-order valence-corrected chi connectivity index (χ3v) is 2.01. The van der Waals surface area contributed by atoms with E-state index < -0.39 is 0 Å². The molecular formula is C13H22N2O2. The molecule has 0 spiro atoms. The van der Waals surface area contributed by atoms with Gasteiger partial charge in [-0.3, -0.25) is 4.79 Å². The van der Waals surface area contributed by atoms with Gasteiger partial charge in [0, 0.05) is 12.8 Å². The SMILES string of the molecule is C=C(/C=C/C)NC(=O)/C(=C\CC)NC(C)OC. The molecule has 0 aliphatic carbocycles. The first-order chi connectivity index (χ1) is 8.04. The Morgan fingerprint density at radius 3 is 2.65 bits per heavy atom. The molecule has 17 heavy (non-hydrogen) atoms. The van der Waals surface area contributed by atoms with Crippen LogP contribution in [0.3, 0.4) is 0 Å². The summed E-state index contributed by atoms with van der Waals surface area (Å²) in [6.07, 6.45) is 5.92. The van der Waals surface area contributed by atoms with Crippen LogP contribution in [0.2, 0.25) is 0 Å². The lowest BCUT2D eigenvalue weighted by Gasteiger charge is -2.16. The molecule has 0 fully saturated rings. The van der Waals surface area contributed by atoms with Gasteiger partial charge >= 0.3 is 0 Å². The lowest BCUT2D eigenvalue weighted by molar-refractivity contribution is -0.117. The van der Waals surface area contributed by atoms with Crippen molar-refractivity contribution < 1.29 is 9.53 Å². The van der Waals surface area contributed by atoms with E-state index in [1.807, 2.05) is 32.9 Å². The van der Waals surface area contributed by atoms with Gasteiger partial charge < -0.3 is 15.4 Å². The van der Waals surface area contributed by atoms with E-state index in [4.69, 9.17) is 4.74 Å². The fraction of sp³-hybridized carbons (Fsp3) is 0.462. The molecule has 1 atom stereocenters. The van der Waals surface area contributed by atoms with Gasteiger partial charge in [-0.25, -0.2) is 0 Å². The van der Waals surface area contributed by atoms with Crippen molar-refractivity contribution in [1.29, 1.82) is 0 Å². The third kappa shape index (κ3) is 6.58. The number of carbonyl (C=O) groups is 1. The summed E-state index contributed by atoms with van der Waals surface area (Å²) in [5, 5.41) is 5.67. The van der Waals surface area contributed by atoms with E-state index in [2.05, 4.69) is 17.2 Å². The molecule has 96 valence electrons. The van der Waals surface area contributed by atoms with E-state index in [-0.39, 0.29) is 12.1 Å². The fourth-order valence-corrected chi connectivity index (χ4v) is 1.16. The van der Waals surface area contributed by atoms with Crippen molar-refractivity contribution in [2.75, 3.05) is 7.11 Å². The van der Waals surface area contributed by atoms with Crippen LogP contribution in [0.15, 0.2) is 36.2 Å². The number of carbonyl (C=O) groups excluding carboxylic acids is 1. The van der Waals surface area contributed by atoms with Gasteiger partial charge in [0.05, 0.1) is 5.70 Å². The highest BCUT2D eigenvalue weighted by atomic mass is 16.5. The number of nitrogens with one attached hydrogen (secondary N) is 2. The summed E-state index contributed by atoms with van der Waals surface area (Å²) in [6, 6.07) is 0. The van der Waals surface area contributed by atoms with Crippen LogP contribution >= 0.6 is 0 Å². The average Bonchev–Trinajstić information content (AvgIpc) is 2.28. The van der Waals surface area contributed by atoms with Gasteiger partial charge in [0.2, 0.25) is 0 Å². The standard InChI is InChI=1S/C13H22N2O2/c1-6-8-10(3)14-13(16)12(9-7-2)15-11(4)17-5/h6,8-9,11,15H,3,7H2,1-2,4-5H3,(H,14,16)/b8-6+,12-9+. The minimum atomic E-state index is -0.214. The Labute approximate surface area is 103 Å². The van der Waals surface area contributed by atoms with Crippen LogP contribution in [0.5, 0.6) is 0 Å². The molecule has 0 aliphatic heterocycles. The van der Waals surface area contributed by atoms with Crippen molar-refractivity contribution >= 4 is 5.91 Å². The van der Waals surface area contributed by atoms with Gasteiger partial charge in [-0.1, -0.05) is 25.7 Å². The normalized spacial score (nSPS) is 13.5. The predicted octanol–water partition coefficient (Wildman–Crippen LogP) is 2.07. The van der Waals surface area contributed by atoms with Gasteiger partial charge in [0.25, 0.3) is 5.91 Å². The van der Waals surface area contributed by atoms with Gasteiger partial charge in [0.1, 0.15) is 6.23 Å². The average molecular weight is 238 g/mol. The van der Waals surface area contributed by atoms with Crippen LogP contribution < -0.4 is 10.6 Å². The first-order valence-electron chi connectivity index (χ1n) is 5.67. The Balaban J connectivity index is 4.56. The summed E-state index contributed by atoms with van der Waals surface area (Å²) < 4.78 is 5.06. The molecule has 0 rings (SSSR count). The number of amides is 1. The zero-order valence-electron chi connectivity index (χ0n) is 11.0. The van der Waals surface area contributed by atoms with Crippen molar-refractivity contribution in [1.82, 2.24) is 10.6 Å². The number of methoxy groups -OCH3 is 1. The predicted molar refractivity (Wildman–Crippen MR) is 70.1 cm³/mol. The van der Waals surface area contributed by atoms with Crippen molar-refractivity contribution in [2.45, 2.75) is 33.4 Å². The quantitative estimate of drug-likeness (QED) is 0.405. The van der Waals surface area contributed by atoms with Gasteiger partial charge in [-0.2, -0.15) is 0 Å². The molecule has 4 nitrogen and oxygen atoms in total. The molecular weight excluding hydrogens is 216 g/mol. The van der Waals surface area contributed by atoms with Gasteiger partial charge in [0.15, 0.2) is 0 Å². The molecule has 0 aromatic rings. The van der Waals surface area contributed by atoms with Crippen LogP contribution in [0, 0.1) is 0 Å². The highest BCUT2D eigenvalue weighted by Gasteiger charge is 2.11. The van der Waals surface area contributed by atoms with Crippen LogP contribution in [0.4, 0.5) is 0 Å². The van der Waals surface area contributed by atoms with Gasteiger partial charge in [-0.15, -0.1) is 0 Å². The topological polar surface area (TPSA) is 50.4 Å². The first-order valence-corrected chi connectivity index (χ1v) is 5.67. The van der Waals surface area contributed by atoms with Crippen LogP contribution in [0.25, 0.3) is 0 Å². The maximum absolute atomic E-state index is 11.9. The molecule has 2 N–H and O–H groups in total. The maximum atomic E-state index is 11.9. The Morgan fingerprint density at radius 1 is 1.53 bits per heavy atom. The van der Waals surface area contributed by atoms with E-state index >= 15 is 0 Å². The molecule has 0 aromatic heterocycles. The summed E-state index contributed by atoms with van der Waals surface area (Å²) in [5.74, 6) is -0.209. The molecule has 0 heterocycles. The third-order valence-electron chi connectivity index (χ3n) is 2.01. The Morgan fingerprint density at radius 2 is 2.18 bits per heavy atom. The number of ether oxygens (including phenoxy) is 1. The molecule has 0 saturated heterocycles. The van der Waals surface area contributed by atoms with Crippen molar-refractivity contribution in [2.24, 2.45) is 0 Å². The van der Waals surface area contributed by atoms with Crippen LogP contribution in [-0.4, -0.2) is 19.2 Å². The lowest BCUT2D eigenvalue weighted by Crippen LogP contribution is -2.36. The summed E-state index contributed by atoms with van der Waals surface area (Å²) in [4.78, 5) is 11.9. The van der Waals surface area contributed by atoms with Crippen LogP contribution in [0.1, 0.15) is 27.2 Å². The van der Waals surface area contributed by atoms with Gasteiger partial charge in [-0.05, 0) is 26.3 Å². The summed E-state index contributed by atoms with van der Waals surface area (Å²) in [5.41, 5.74) is 1.05. The van der Waals surface area contributed by atoms with E-state index in [1.165, 1.54) is 0 Å². The number of allylic oxidation sites excluding steroid dienone is 3. The number of hydrogen-bond acceptors (Lipinski definition) is 3. The largest absolute Gasteiger partial charge is 0.362 e. The van der Waals surface area contributed by atoms with Crippen molar-refractivity contribution in [3.05, 3.63) is 36.2 Å². The number of hydrogen-bond donors (Lipinski definition) is 2. The zero-order valence-corrected chi connectivity index (χ0v) is 11.0. The first kappa shape index (κ1) is 15.4. The molecule has 4 heteroatoms. The monoisotopic (exact) mass is 238 g/mol. The molecule has 1 amide bonds. The number of rotatable bonds is 7. The highest BCUT2D eigenvalue weighted by molar-refractivity contribution is 5.94. The minimum Gasteiger partial charge on any atom is -0.362 e. The summed E-state index contributed by atoms with van der Waals surface area (Å²) >= 11 is 0. The van der Waals surface area contributed by atoms with Crippen molar-refractivity contribution in [3.8, 4) is 0 Å². The molecule has 1 unspecified atom stereocenters. The second kappa shape index (κ2) is 8.58. The van der Waals surface area contributed by atoms with E-state index in [9.17, 15) is 4.79 Å². The Bertz CT molecular complexity index is 319.